The number of amides is 2. The number of benzene rings is 1. The van der Waals surface area contributed by atoms with Crippen molar-refractivity contribution in [2.45, 2.75) is 25.9 Å². The van der Waals surface area contributed by atoms with Crippen LogP contribution in [0.5, 0.6) is 0 Å². The fourth-order valence-electron chi connectivity index (χ4n) is 3.87. The Morgan fingerprint density at radius 2 is 1.83 bits per heavy atom. The van der Waals surface area contributed by atoms with Crippen molar-refractivity contribution in [1.29, 1.82) is 0 Å². The van der Waals surface area contributed by atoms with Crippen LogP contribution in [0.3, 0.4) is 0 Å². The van der Waals surface area contributed by atoms with E-state index >= 15 is 0 Å². The first-order valence-electron chi connectivity index (χ1n) is 9.76. The van der Waals surface area contributed by atoms with Gasteiger partial charge in [0.25, 0.3) is 0 Å². The third-order valence-electron chi connectivity index (χ3n) is 5.58. The molecule has 3 aromatic rings. The van der Waals surface area contributed by atoms with E-state index in [9.17, 15) is 14.4 Å². The molecule has 0 unspecified atom stereocenters. The zero-order chi connectivity index (χ0) is 20.4. The van der Waals surface area contributed by atoms with Crippen LogP contribution in [0.2, 0.25) is 0 Å². The van der Waals surface area contributed by atoms with Gasteiger partial charge in [-0.3, -0.25) is 18.7 Å². The summed E-state index contributed by atoms with van der Waals surface area (Å²) in [5.41, 5.74) is 1.35. The van der Waals surface area contributed by atoms with Gasteiger partial charge in [0, 0.05) is 26.1 Å². The lowest BCUT2D eigenvalue weighted by Crippen LogP contribution is -2.44. The van der Waals surface area contributed by atoms with Gasteiger partial charge in [-0.25, -0.2) is 4.79 Å². The second kappa shape index (κ2) is 7.98. The fraction of sp³-hybridized carbons (Fsp3) is 0.381. The summed E-state index contributed by atoms with van der Waals surface area (Å²) in [5, 5.41) is 2.88. The Hall–Kier alpha value is -3.29. The van der Waals surface area contributed by atoms with E-state index in [0.29, 0.717) is 38.2 Å². The molecule has 1 fully saturated rings. The van der Waals surface area contributed by atoms with Crippen molar-refractivity contribution < 1.29 is 14.0 Å². The van der Waals surface area contributed by atoms with Gasteiger partial charge in [0.05, 0.1) is 23.8 Å². The molecule has 8 heteroatoms. The second-order valence-corrected chi connectivity index (χ2v) is 7.37. The molecule has 29 heavy (non-hydrogen) atoms. The topological polar surface area (TPSA) is 89.5 Å². The molecule has 152 valence electrons. The number of piperidine rings is 1. The SMILES string of the molecule is Cn1c(=O)n(CC(=O)N2CCC(C(=O)NCc3ccco3)CC2)c2ccccc21. The lowest BCUT2D eigenvalue weighted by Gasteiger charge is -2.31. The number of nitrogens with zero attached hydrogens (tertiary/aromatic N) is 3. The fourth-order valence-corrected chi connectivity index (χ4v) is 3.87. The zero-order valence-electron chi connectivity index (χ0n) is 16.3. The summed E-state index contributed by atoms with van der Waals surface area (Å²) >= 11 is 0. The maximum absolute atomic E-state index is 12.8. The van der Waals surface area contributed by atoms with Gasteiger partial charge in [0.1, 0.15) is 12.3 Å². The average molecular weight is 396 g/mol. The molecular weight excluding hydrogens is 372 g/mol. The summed E-state index contributed by atoms with van der Waals surface area (Å²) in [4.78, 5) is 39.4. The lowest BCUT2D eigenvalue weighted by molar-refractivity contribution is -0.136. The number of hydrogen-bond donors (Lipinski definition) is 1. The number of likely N-dealkylation sites (tertiary alicyclic amines) is 1. The highest BCUT2D eigenvalue weighted by Crippen LogP contribution is 2.19. The molecule has 0 bridgehead atoms. The van der Waals surface area contributed by atoms with Gasteiger partial charge in [-0.15, -0.1) is 0 Å². The molecule has 2 amide bonds. The predicted octanol–water partition coefficient (Wildman–Crippen LogP) is 1.49. The third kappa shape index (κ3) is 3.83. The van der Waals surface area contributed by atoms with Gasteiger partial charge in [0.15, 0.2) is 0 Å². The molecule has 0 atom stereocenters. The Bertz CT molecular complexity index is 1070. The molecule has 0 saturated carbocycles. The summed E-state index contributed by atoms with van der Waals surface area (Å²) in [6, 6.07) is 11.0. The standard InChI is InChI=1S/C21H24N4O4/c1-23-17-6-2-3-7-18(17)25(21(23)28)14-19(26)24-10-8-15(9-11-24)20(27)22-13-16-5-4-12-29-16/h2-7,12,15H,8-11,13-14H2,1H3,(H,22,27). The highest BCUT2D eigenvalue weighted by molar-refractivity contribution is 5.82. The number of para-hydroxylation sites is 2. The Kier molecular flexibility index (Phi) is 5.24. The van der Waals surface area contributed by atoms with Crippen molar-refractivity contribution in [1.82, 2.24) is 19.4 Å². The van der Waals surface area contributed by atoms with E-state index in [2.05, 4.69) is 5.32 Å². The molecule has 1 aliphatic rings. The smallest absolute Gasteiger partial charge is 0.329 e. The number of hydrogen-bond acceptors (Lipinski definition) is 4. The third-order valence-corrected chi connectivity index (χ3v) is 5.58. The molecule has 4 rings (SSSR count). The minimum Gasteiger partial charge on any atom is -0.467 e. The molecular formula is C21H24N4O4. The van der Waals surface area contributed by atoms with Crippen LogP contribution >= 0.6 is 0 Å². The van der Waals surface area contributed by atoms with E-state index < -0.39 is 0 Å². The van der Waals surface area contributed by atoms with E-state index in [4.69, 9.17) is 4.42 Å². The first-order chi connectivity index (χ1) is 14.0. The minimum atomic E-state index is -0.202. The van der Waals surface area contributed by atoms with E-state index in [1.807, 2.05) is 30.3 Å². The van der Waals surface area contributed by atoms with Crippen LogP contribution in [0.25, 0.3) is 11.0 Å². The van der Waals surface area contributed by atoms with Crippen LogP contribution < -0.4 is 11.0 Å². The molecule has 1 N–H and O–H groups in total. The Balaban J connectivity index is 1.34. The van der Waals surface area contributed by atoms with Crippen LogP contribution in [0.15, 0.2) is 51.9 Å². The summed E-state index contributed by atoms with van der Waals surface area (Å²) in [6.45, 7) is 1.40. The average Bonchev–Trinajstić information content (AvgIpc) is 3.35. The molecule has 1 saturated heterocycles. The summed E-state index contributed by atoms with van der Waals surface area (Å²) in [5.74, 6) is 0.484. The number of fused-ring (bicyclic) bond motifs is 1. The number of furan rings is 1. The number of carbonyl (C=O) groups is 2. The largest absolute Gasteiger partial charge is 0.467 e. The van der Waals surface area contributed by atoms with Crippen molar-refractivity contribution in [2.24, 2.45) is 13.0 Å². The molecule has 2 aromatic heterocycles. The van der Waals surface area contributed by atoms with Crippen LogP contribution in [-0.2, 0) is 29.7 Å². The van der Waals surface area contributed by atoms with Crippen LogP contribution in [-0.4, -0.2) is 38.9 Å². The number of nitrogens with one attached hydrogen (secondary N) is 1. The number of carbonyl (C=O) groups excluding carboxylic acids is 2. The Morgan fingerprint density at radius 1 is 1.10 bits per heavy atom. The molecule has 1 aromatic carbocycles. The van der Waals surface area contributed by atoms with E-state index in [-0.39, 0.29) is 30.0 Å². The van der Waals surface area contributed by atoms with E-state index in [1.54, 1.807) is 28.8 Å². The number of aromatic nitrogens is 2. The number of rotatable bonds is 5. The van der Waals surface area contributed by atoms with E-state index in [1.165, 1.54) is 4.57 Å². The van der Waals surface area contributed by atoms with Gasteiger partial charge < -0.3 is 14.6 Å². The molecule has 8 nitrogen and oxygen atoms in total. The number of aryl methyl sites for hydroxylation is 1. The van der Waals surface area contributed by atoms with Crippen LogP contribution in [0.4, 0.5) is 0 Å². The zero-order valence-corrected chi connectivity index (χ0v) is 16.3. The molecule has 0 aliphatic carbocycles. The molecule has 0 radical (unpaired) electrons. The first-order valence-corrected chi connectivity index (χ1v) is 9.76. The van der Waals surface area contributed by atoms with Crippen molar-refractivity contribution in [2.75, 3.05) is 13.1 Å². The monoisotopic (exact) mass is 396 g/mol. The predicted molar refractivity (Wildman–Crippen MR) is 107 cm³/mol. The minimum absolute atomic E-state index is 0.00947. The summed E-state index contributed by atoms with van der Waals surface area (Å²) in [7, 11) is 1.71. The van der Waals surface area contributed by atoms with Gasteiger partial charge >= 0.3 is 5.69 Å². The molecule has 1 aliphatic heterocycles. The maximum atomic E-state index is 12.8. The van der Waals surface area contributed by atoms with Crippen LogP contribution in [0.1, 0.15) is 18.6 Å². The van der Waals surface area contributed by atoms with Crippen molar-refractivity contribution >= 4 is 22.8 Å². The van der Waals surface area contributed by atoms with Gasteiger partial charge in [-0.1, -0.05) is 12.1 Å². The summed E-state index contributed by atoms with van der Waals surface area (Å²) < 4.78 is 8.29. The highest BCUT2D eigenvalue weighted by Gasteiger charge is 2.28. The quantitative estimate of drug-likeness (QED) is 0.708. The van der Waals surface area contributed by atoms with E-state index in [0.717, 1.165) is 11.0 Å². The second-order valence-electron chi connectivity index (χ2n) is 7.37. The highest BCUT2D eigenvalue weighted by atomic mass is 16.3. The first kappa shape index (κ1) is 19.0. The van der Waals surface area contributed by atoms with Gasteiger partial charge in [-0.05, 0) is 37.1 Å². The lowest BCUT2D eigenvalue weighted by atomic mass is 9.96. The molecule has 3 heterocycles. The summed E-state index contributed by atoms with van der Waals surface area (Å²) in [6.07, 6.45) is 2.80. The molecule has 0 spiro atoms. The van der Waals surface area contributed by atoms with Gasteiger partial charge in [-0.2, -0.15) is 0 Å². The van der Waals surface area contributed by atoms with Crippen molar-refractivity contribution in [3.63, 3.8) is 0 Å². The normalized spacial score (nSPS) is 15.0. The van der Waals surface area contributed by atoms with Crippen molar-refractivity contribution in [3.8, 4) is 0 Å². The Morgan fingerprint density at radius 3 is 2.52 bits per heavy atom. The maximum Gasteiger partial charge on any atom is 0.329 e. The number of imidazole rings is 1. The Labute approximate surface area is 167 Å². The van der Waals surface area contributed by atoms with Crippen LogP contribution in [0, 0.1) is 5.92 Å². The van der Waals surface area contributed by atoms with Crippen molar-refractivity contribution in [3.05, 3.63) is 58.9 Å². The van der Waals surface area contributed by atoms with Gasteiger partial charge in [0.2, 0.25) is 11.8 Å².